The Morgan fingerprint density at radius 2 is 2.50 bits per heavy atom. The van der Waals surface area contributed by atoms with Gasteiger partial charge in [0.2, 0.25) is 0 Å². The molecule has 0 aliphatic carbocycles. The van der Waals surface area contributed by atoms with Crippen LogP contribution < -0.4 is 10.6 Å². The summed E-state index contributed by atoms with van der Waals surface area (Å²) in [6, 6.07) is 0.582. The van der Waals surface area contributed by atoms with Crippen LogP contribution in [0, 0.1) is 0 Å². The fraction of sp³-hybridized carbons (Fsp3) is 0.667. The topological polar surface area (TPSA) is 24.1 Å². The van der Waals surface area contributed by atoms with Crippen LogP contribution in [0.15, 0.2) is 11.9 Å². The second kappa shape index (κ2) is 2.07. The lowest BCUT2D eigenvalue weighted by Crippen LogP contribution is -2.37. The molecule has 0 aromatic rings. The van der Waals surface area contributed by atoms with Gasteiger partial charge in [-0.15, -0.1) is 0 Å². The molecule has 0 aromatic heterocycles. The molecule has 2 N–H and O–H groups in total. The molecule has 0 saturated carbocycles. The quantitative estimate of drug-likeness (QED) is 0.475. The van der Waals surface area contributed by atoms with Gasteiger partial charge in [-0.2, -0.15) is 0 Å². The molecule has 1 aliphatic heterocycles. The van der Waals surface area contributed by atoms with Gasteiger partial charge in [-0.25, -0.2) is 0 Å². The van der Waals surface area contributed by atoms with Crippen LogP contribution in [0.1, 0.15) is 13.8 Å². The third-order valence-corrected chi connectivity index (χ3v) is 1.27. The first-order chi connectivity index (χ1) is 3.79. The highest BCUT2D eigenvalue weighted by Crippen LogP contribution is 1.91. The van der Waals surface area contributed by atoms with Crippen molar-refractivity contribution in [1.29, 1.82) is 0 Å². The van der Waals surface area contributed by atoms with Crippen molar-refractivity contribution in [2.45, 2.75) is 19.9 Å². The van der Waals surface area contributed by atoms with Crippen molar-refractivity contribution in [3.8, 4) is 0 Å². The van der Waals surface area contributed by atoms with Gasteiger partial charge in [0.25, 0.3) is 0 Å². The molecular weight excluding hydrogens is 100 g/mol. The Labute approximate surface area is 50.0 Å². The molecule has 1 rings (SSSR count). The van der Waals surface area contributed by atoms with Gasteiger partial charge in [0, 0.05) is 24.5 Å². The third-order valence-electron chi connectivity index (χ3n) is 1.27. The fourth-order valence-corrected chi connectivity index (χ4v) is 0.691. The molecule has 0 aromatic carbocycles. The van der Waals surface area contributed by atoms with E-state index in [2.05, 4.69) is 24.5 Å². The van der Waals surface area contributed by atoms with Crippen molar-refractivity contribution in [2.75, 3.05) is 6.54 Å². The Morgan fingerprint density at radius 3 is 2.88 bits per heavy atom. The zero-order chi connectivity index (χ0) is 5.98. The summed E-state index contributed by atoms with van der Waals surface area (Å²) in [4.78, 5) is 0. The highest BCUT2D eigenvalue weighted by Gasteiger charge is 2.02. The zero-order valence-corrected chi connectivity index (χ0v) is 5.36. The van der Waals surface area contributed by atoms with Gasteiger partial charge >= 0.3 is 0 Å². The molecule has 8 heavy (non-hydrogen) atoms. The van der Waals surface area contributed by atoms with E-state index in [1.54, 1.807) is 0 Å². The van der Waals surface area contributed by atoms with Gasteiger partial charge in [0.05, 0.1) is 0 Å². The predicted octanol–water partition coefficient (Wildman–Crippen LogP) is 0.429. The Bertz CT molecular complexity index is 107. The largest absolute Gasteiger partial charge is 0.385 e. The molecule has 1 heterocycles. The highest BCUT2D eigenvalue weighted by atomic mass is 15.0. The lowest BCUT2D eigenvalue weighted by Gasteiger charge is -2.19. The van der Waals surface area contributed by atoms with Crippen molar-refractivity contribution in [1.82, 2.24) is 10.6 Å². The van der Waals surface area contributed by atoms with Crippen LogP contribution in [0.4, 0.5) is 0 Å². The van der Waals surface area contributed by atoms with Gasteiger partial charge < -0.3 is 10.6 Å². The Balaban J connectivity index is 2.42. The van der Waals surface area contributed by atoms with E-state index < -0.39 is 0 Å². The maximum absolute atomic E-state index is 3.23. The summed E-state index contributed by atoms with van der Waals surface area (Å²) < 4.78 is 0. The standard InChI is InChI=1S/C6H12N2/c1-5-3-8-6(2)4-7-5/h3,6-8H,4H2,1-2H3. The van der Waals surface area contributed by atoms with Gasteiger partial charge in [-0.3, -0.25) is 0 Å². The van der Waals surface area contributed by atoms with Crippen molar-refractivity contribution >= 4 is 0 Å². The molecule has 1 unspecified atom stereocenters. The molecule has 0 amide bonds. The first-order valence-electron chi connectivity index (χ1n) is 2.96. The summed E-state index contributed by atoms with van der Waals surface area (Å²) >= 11 is 0. The molecule has 1 aliphatic rings. The van der Waals surface area contributed by atoms with Crippen molar-refractivity contribution in [2.24, 2.45) is 0 Å². The fourth-order valence-electron chi connectivity index (χ4n) is 0.691. The molecule has 2 nitrogen and oxygen atoms in total. The molecule has 0 bridgehead atoms. The number of rotatable bonds is 0. The average Bonchev–Trinajstić information content (AvgIpc) is 1.77. The number of hydrogen-bond donors (Lipinski definition) is 2. The number of allylic oxidation sites excluding steroid dienone is 1. The average molecular weight is 112 g/mol. The van der Waals surface area contributed by atoms with Crippen LogP contribution in [0.5, 0.6) is 0 Å². The molecular formula is C6H12N2. The number of hydrogen-bond acceptors (Lipinski definition) is 2. The van der Waals surface area contributed by atoms with Crippen LogP contribution in [0.2, 0.25) is 0 Å². The monoisotopic (exact) mass is 112 g/mol. The summed E-state index contributed by atoms with van der Waals surface area (Å²) in [5, 5.41) is 6.44. The SMILES string of the molecule is CC1=CNC(C)CN1. The number of nitrogens with one attached hydrogen (secondary N) is 2. The molecule has 0 spiro atoms. The van der Waals surface area contributed by atoms with E-state index in [1.807, 2.05) is 6.20 Å². The summed E-state index contributed by atoms with van der Waals surface area (Å²) in [5.41, 5.74) is 1.23. The maximum atomic E-state index is 3.23. The van der Waals surface area contributed by atoms with Crippen molar-refractivity contribution in [3.63, 3.8) is 0 Å². The molecule has 46 valence electrons. The van der Waals surface area contributed by atoms with Gasteiger partial charge in [-0.05, 0) is 13.8 Å². The van der Waals surface area contributed by atoms with Gasteiger partial charge in [0.15, 0.2) is 0 Å². The van der Waals surface area contributed by atoms with E-state index in [0.29, 0.717) is 6.04 Å². The van der Waals surface area contributed by atoms with E-state index in [4.69, 9.17) is 0 Å². The van der Waals surface area contributed by atoms with E-state index >= 15 is 0 Å². The Morgan fingerprint density at radius 1 is 1.75 bits per heavy atom. The smallest absolute Gasteiger partial charge is 0.0400 e. The summed E-state index contributed by atoms with van der Waals surface area (Å²) in [6.45, 7) is 5.25. The maximum Gasteiger partial charge on any atom is 0.0400 e. The molecule has 2 heteroatoms. The molecule has 0 radical (unpaired) electrons. The molecule has 1 atom stereocenters. The van der Waals surface area contributed by atoms with Crippen molar-refractivity contribution < 1.29 is 0 Å². The van der Waals surface area contributed by atoms with E-state index in [1.165, 1.54) is 5.70 Å². The van der Waals surface area contributed by atoms with Crippen LogP contribution in [-0.2, 0) is 0 Å². The second-order valence-corrected chi connectivity index (χ2v) is 2.28. The Hall–Kier alpha value is -0.660. The third kappa shape index (κ3) is 1.15. The van der Waals surface area contributed by atoms with Crippen LogP contribution in [-0.4, -0.2) is 12.6 Å². The van der Waals surface area contributed by atoms with Crippen LogP contribution in [0.25, 0.3) is 0 Å². The predicted molar refractivity (Wildman–Crippen MR) is 34.4 cm³/mol. The first-order valence-corrected chi connectivity index (χ1v) is 2.96. The minimum Gasteiger partial charge on any atom is -0.385 e. The summed E-state index contributed by atoms with van der Waals surface area (Å²) in [5.74, 6) is 0. The minimum absolute atomic E-state index is 0.582. The normalized spacial score (nSPS) is 27.8. The molecule has 0 saturated heterocycles. The summed E-state index contributed by atoms with van der Waals surface area (Å²) in [6.07, 6.45) is 2.01. The van der Waals surface area contributed by atoms with E-state index in [-0.39, 0.29) is 0 Å². The zero-order valence-electron chi connectivity index (χ0n) is 5.36. The Kier molecular flexibility index (Phi) is 1.42. The lowest BCUT2D eigenvalue weighted by atomic mass is 10.3. The van der Waals surface area contributed by atoms with Crippen molar-refractivity contribution in [3.05, 3.63) is 11.9 Å². The van der Waals surface area contributed by atoms with Gasteiger partial charge in [0.1, 0.15) is 0 Å². The minimum atomic E-state index is 0.582. The summed E-state index contributed by atoms with van der Waals surface area (Å²) in [7, 11) is 0. The van der Waals surface area contributed by atoms with E-state index in [9.17, 15) is 0 Å². The van der Waals surface area contributed by atoms with Crippen LogP contribution >= 0.6 is 0 Å². The second-order valence-electron chi connectivity index (χ2n) is 2.28. The van der Waals surface area contributed by atoms with Crippen LogP contribution in [0.3, 0.4) is 0 Å². The highest BCUT2D eigenvalue weighted by molar-refractivity contribution is 4.99. The lowest BCUT2D eigenvalue weighted by molar-refractivity contribution is 0.557. The van der Waals surface area contributed by atoms with Gasteiger partial charge in [-0.1, -0.05) is 0 Å². The molecule has 0 fully saturated rings. The van der Waals surface area contributed by atoms with E-state index in [0.717, 1.165) is 6.54 Å². The first kappa shape index (κ1) is 5.48.